The highest BCUT2D eigenvalue weighted by molar-refractivity contribution is 6.65. The van der Waals surface area contributed by atoms with Gasteiger partial charge >= 0.3 is 7.12 Å². The Morgan fingerprint density at radius 3 is 2.46 bits per heavy atom. The number of aryl methyl sites for hydroxylation is 2. The topological polar surface area (TPSA) is 36.9 Å². The van der Waals surface area contributed by atoms with E-state index in [2.05, 4.69) is 52.0 Å². The van der Waals surface area contributed by atoms with E-state index < -0.39 is 7.12 Å². The molecule has 2 aromatic carbocycles. The summed E-state index contributed by atoms with van der Waals surface area (Å²) in [4.78, 5) is 0. The lowest BCUT2D eigenvalue weighted by atomic mass is 9.74. The molecule has 2 aliphatic rings. The summed E-state index contributed by atoms with van der Waals surface area (Å²) in [6.07, 6.45) is 3.46. The SMILES string of the molecule is COCOc1cc(B2OC(C)(C)C(C)(C)O2)c2c3c(ccc2c1)CCC3. The molecule has 0 bridgehead atoms. The first-order chi connectivity index (χ1) is 12.3. The van der Waals surface area contributed by atoms with Gasteiger partial charge in [-0.1, -0.05) is 12.1 Å². The first-order valence-corrected chi connectivity index (χ1v) is 9.38. The van der Waals surface area contributed by atoms with Crippen LogP contribution in [0.5, 0.6) is 5.75 Å². The van der Waals surface area contributed by atoms with Gasteiger partial charge in [-0.05, 0) is 86.5 Å². The fraction of sp³-hybridized carbons (Fsp3) is 0.524. The minimum atomic E-state index is -0.402. The van der Waals surface area contributed by atoms with Crippen molar-refractivity contribution in [1.29, 1.82) is 0 Å². The molecule has 5 heteroatoms. The van der Waals surface area contributed by atoms with Crippen molar-refractivity contribution in [2.24, 2.45) is 0 Å². The molecule has 1 fully saturated rings. The van der Waals surface area contributed by atoms with Crippen LogP contribution in [-0.4, -0.2) is 32.2 Å². The predicted octanol–water partition coefficient (Wildman–Crippen LogP) is 3.61. The summed E-state index contributed by atoms with van der Waals surface area (Å²) in [6.45, 7) is 8.57. The Bertz CT molecular complexity index is 828. The van der Waals surface area contributed by atoms with Gasteiger partial charge in [-0.25, -0.2) is 0 Å². The normalized spacial score (nSPS) is 20.6. The highest BCUT2D eigenvalue weighted by Crippen LogP contribution is 2.38. The van der Waals surface area contributed by atoms with E-state index >= 15 is 0 Å². The van der Waals surface area contributed by atoms with Gasteiger partial charge in [0.2, 0.25) is 0 Å². The highest BCUT2D eigenvalue weighted by Gasteiger charge is 2.52. The second kappa shape index (κ2) is 6.26. The van der Waals surface area contributed by atoms with Gasteiger partial charge in [0.15, 0.2) is 6.79 Å². The van der Waals surface area contributed by atoms with Crippen molar-refractivity contribution in [3.63, 3.8) is 0 Å². The van der Waals surface area contributed by atoms with Crippen LogP contribution in [0.4, 0.5) is 0 Å². The standard InChI is InChI=1S/C21H27BO4/c1-20(2)21(3,4)26-22(25-20)18-12-16(24-13-23-5)11-15-10-9-14-7-6-8-17(14)19(15)18/h9-12H,6-8,13H2,1-5H3. The van der Waals surface area contributed by atoms with Gasteiger partial charge in [0.1, 0.15) is 5.75 Å². The van der Waals surface area contributed by atoms with E-state index in [1.54, 1.807) is 7.11 Å². The van der Waals surface area contributed by atoms with Gasteiger partial charge < -0.3 is 18.8 Å². The molecule has 1 saturated heterocycles. The van der Waals surface area contributed by atoms with Crippen LogP contribution in [0.25, 0.3) is 10.8 Å². The molecule has 138 valence electrons. The summed E-state index contributed by atoms with van der Waals surface area (Å²) in [5.74, 6) is 0.780. The Labute approximate surface area is 155 Å². The minimum Gasteiger partial charge on any atom is -0.468 e. The van der Waals surface area contributed by atoms with Gasteiger partial charge in [0.05, 0.1) is 11.2 Å². The van der Waals surface area contributed by atoms with E-state index in [1.165, 1.54) is 28.3 Å². The van der Waals surface area contributed by atoms with Crippen LogP contribution in [0, 0.1) is 0 Å². The van der Waals surface area contributed by atoms with Crippen molar-refractivity contribution < 1.29 is 18.8 Å². The molecule has 4 rings (SSSR count). The third kappa shape index (κ3) is 2.83. The summed E-state index contributed by atoms with van der Waals surface area (Å²) in [6, 6.07) is 8.58. The van der Waals surface area contributed by atoms with E-state index in [4.69, 9.17) is 18.8 Å². The summed E-state index contributed by atoms with van der Waals surface area (Å²) in [5, 5.41) is 2.44. The largest absolute Gasteiger partial charge is 0.495 e. The molecule has 2 aromatic rings. The molecule has 0 spiro atoms. The third-order valence-corrected chi connectivity index (χ3v) is 6.05. The van der Waals surface area contributed by atoms with E-state index in [0.717, 1.165) is 24.1 Å². The molecule has 0 aromatic heterocycles. The predicted molar refractivity (Wildman–Crippen MR) is 104 cm³/mol. The second-order valence-corrected chi connectivity index (χ2v) is 8.31. The zero-order valence-corrected chi connectivity index (χ0v) is 16.3. The second-order valence-electron chi connectivity index (χ2n) is 8.31. The molecule has 1 heterocycles. The van der Waals surface area contributed by atoms with Gasteiger partial charge in [0.25, 0.3) is 0 Å². The Morgan fingerprint density at radius 2 is 1.77 bits per heavy atom. The van der Waals surface area contributed by atoms with E-state index in [-0.39, 0.29) is 18.0 Å². The monoisotopic (exact) mass is 354 g/mol. The Hall–Kier alpha value is -1.56. The van der Waals surface area contributed by atoms with E-state index in [1.807, 2.05) is 0 Å². The summed E-state index contributed by atoms with van der Waals surface area (Å²) in [5.41, 5.74) is 3.20. The van der Waals surface area contributed by atoms with Gasteiger partial charge in [-0.2, -0.15) is 0 Å². The number of rotatable bonds is 4. The maximum Gasteiger partial charge on any atom is 0.495 e. The first kappa shape index (κ1) is 17.8. The molecule has 0 N–H and O–H groups in total. The molecule has 1 aliphatic carbocycles. The number of benzene rings is 2. The average molecular weight is 354 g/mol. The zero-order chi connectivity index (χ0) is 18.5. The van der Waals surface area contributed by atoms with Crippen LogP contribution in [0.15, 0.2) is 24.3 Å². The smallest absolute Gasteiger partial charge is 0.468 e. The van der Waals surface area contributed by atoms with Crippen molar-refractivity contribution in [3.8, 4) is 5.75 Å². The lowest BCUT2D eigenvalue weighted by Gasteiger charge is -2.32. The number of fused-ring (bicyclic) bond motifs is 3. The van der Waals surface area contributed by atoms with Crippen LogP contribution in [0.2, 0.25) is 0 Å². The van der Waals surface area contributed by atoms with Crippen LogP contribution in [0.1, 0.15) is 45.2 Å². The quantitative estimate of drug-likeness (QED) is 0.621. The fourth-order valence-corrected chi connectivity index (χ4v) is 3.93. The minimum absolute atomic E-state index is 0.221. The lowest BCUT2D eigenvalue weighted by Crippen LogP contribution is -2.41. The van der Waals surface area contributed by atoms with E-state index in [9.17, 15) is 0 Å². The zero-order valence-electron chi connectivity index (χ0n) is 16.3. The van der Waals surface area contributed by atoms with Crippen LogP contribution < -0.4 is 10.2 Å². The summed E-state index contributed by atoms with van der Waals surface area (Å²) >= 11 is 0. The molecule has 4 nitrogen and oxygen atoms in total. The maximum atomic E-state index is 6.37. The first-order valence-electron chi connectivity index (χ1n) is 9.38. The molecule has 0 amide bonds. The van der Waals surface area contributed by atoms with Crippen molar-refractivity contribution in [3.05, 3.63) is 35.4 Å². The number of methoxy groups -OCH3 is 1. The number of hydrogen-bond donors (Lipinski definition) is 0. The summed E-state index contributed by atoms with van der Waals surface area (Å²) < 4.78 is 23.6. The van der Waals surface area contributed by atoms with E-state index in [0.29, 0.717) is 0 Å². The molecule has 0 unspecified atom stereocenters. The number of ether oxygens (including phenoxy) is 2. The molecule has 0 saturated carbocycles. The Kier molecular flexibility index (Phi) is 4.29. The molecule has 1 aliphatic heterocycles. The molecule has 0 atom stereocenters. The van der Waals surface area contributed by atoms with Crippen molar-refractivity contribution in [2.75, 3.05) is 13.9 Å². The van der Waals surface area contributed by atoms with Gasteiger partial charge in [0, 0.05) is 7.11 Å². The maximum absolute atomic E-state index is 6.37. The van der Waals surface area contributed by atoms with Crippen LogP contribution in [-0.2, 0) is 26.9 Å². The highest BCUT2D eigenvalue weighted by atomic mass is 16.7. The van der Waals surface area contributed by atoms with Gasteiger partial charge in [-0.15, -0.1) is 0 Å². The van der Waals surface area contributed by atoms with Crippen molar-refractivity contribution in [2.45, 2.75) is 58.2 Å². The van der Waals surface area contributed by atoms with Crippen LogP contribution in [0.3, 0.4) is 0 Å². The molecular weight excluding hydrogens is 327 g/mol. The summed E-state index contributed by atoms with van der Waals surface area (Å²) in [7, 11) is 1.23. The fourth-order valence-electron chi connectivity index (χ4n) is 3.93. The van der Waals surface area contributed by atoms with Crippen LogP contribution >= 0.6 is 0 Å². The lowest BCUT2D eigenvalue weighted by molar-refractivity contribution is 0.00578. The number of hydrogen-bond acceptors (Lipinski definition) is 4. The molecule has 26 heavy (non-hydrogen) atoms. The Balaban J connectivity index is 1.87. The third-order valence-electron chi connectivity index (χ3n) is 6.05. The Morgan fingerprint density at radius 1 is 1.04 bits per heavy atom. The molecule has 0 radical (unpaired) electrons. The molecular formula is C21H27BO4. The van der Waals surface area contributed by atoms with Gasteiger partial charge in [-0.3, -0.25) is 0 Å². The van der Waals surface area contributed by atoms with Crippen molar-refractivity contribution >= 4 is 23.4 Å². The van der Waals surface area contributed by atoms with Crippen molar-refractivity contribution in [1.82, 2.24) is 0 Å². The average Bonchev–Trinajstić information content (AvgIpc) is 3.14.